The van der Waals surface area contributed by atoms with Crippen LogP contribution in [0.4, 0.5) is 0 Å². The minimum atomic E-state index is 0.637. The van der Waals surface area contributed by atoms with E-state index in [1.807, 2.05) is 6.20 Å². The highest BCUT2D eigenvalue weighted by Crippen LogP contribution is 2.20. The monoisotopic (exact) mass is 221 g/mol. The molecule has 0 amide bonds. The van der Waals surface area contributed by atoms with E-state index in [1.165, 1.54) is 24.1 Å². The number of nitrogens with one attached hydrogen (secondary N) is 2. The van der Waals surface area contributed by atoms with Crippen LogP contribution in [0.25, 0.3) is 0 Å². The van der Waals surface area contributed by atoms with Crippen molar-refractivity contribution in [3.05, 3.63) is 17.5 Å². The minimum Gasteiger partial charge on any atom is -0.311 e. The number of fused-ring (bicyclic) bond motifs is 1. The summed E-state index contributed by atoms with van der Waals surface area (Å²) < 4.78 is 0. The lowest BCUT2D eigenvalue weighted by Crippen LogP contribution is -2.43. The van der Waals surface area contributed by atoms with E-state index in [1.54, 1.807) is 0 Å². The Kier molecular flexibility index (Phi) is 3.64. The van der Waals surface area contributed by atoms with Gasteiger partial charge in [-0.3, -0.25) is 5.10 Å². The molecule has 2 atom stereocenters. The topological polar surface area (TPSA) is 40.7 Å². The van der Waals surface area contributed by atoms with Gasteiger partial charge in [-0.25, -0.2) is 0 Å². The normalized spacial score (nSPS) is 22.1. The van der Waals surface area contributed by atoms with Gasteiger partial charge in [-0.15, -0.1) is 0 Å². The molecule has 2 rings (SSSR count). The van der Waals surface area contributed by atoms with Crippen LogP contribution in [0, 0.1) is 5.92 Å². The largest absolute Gasteiger partial charge is 0.311 e. The standard InChI is InChI=1S/C13H23N3/c1-4-12(9(2)3)15-11-5-6-13-10(7-11)8-14-16-13/h8-9,11-12,15H,4-7H2,1-3H3,(H,14,16). The second kappa shape index (κ2) is 5.00. The Labute approximate surface area is 98.0 Å². The summed E-state index contributed by atoms with van der Waals surface area (Å²) in [5.74, 6) is 0.718. The van der Waals surface area contributed by atoms with Crippen LogP contribution >= 0.6 is 0 Å². The molecule has 90 valence electrons. The molecule has 2 unspecified atom stereocenters. The van der Waals surface area contributed by atoms with E-state index in [2.05, 4.69) is 36.3 Å². The molecule has 1 heterocycles. The zero-order chi connectivity index (χ0) is 11.5. The van der Waals surface area contributed by atoms with E-state index in [4.69, 9.17) is 0 Å². The molecule has 0 aromatic carbocycles. The second-order valence-electron chi connectivity index (χ2n) is 5.24. The molecule has 0 spiro atoms. The number of nitrogens with zero attached hydrogens (tertiary/aromatic N) is 1. The Morgan fingerprint density at radius 1 is 1.56 bits per heavy atom. The van der Waals surface area contributed by atoms with E-state index >= 15 is 0 Å². The first-order valence-electron chi connectivity index (χ1n) is 6.47. The van der Waals surface area contributed by atoms with Gasteiger partial charge in [0.25, 0.3) is 0 Å². The van der Waals surface area contributed by atoms with Crippen molar-refractivity contribution < 1.29 is 0 Å². The molecule has 1 aliphatic rings. The van der Waals surface area contributed by atoms with E-state index in [-0.39, 0.29) is 0 Å². The Morgan fingerprint density at radius 3 is 3.06 bits per heavy atom. The van der Waals surface area contributed by atoms with Gasteiger partial charge >= 0.3 is 0 Å². The fourth-order valence-electron chi connectivity index (χ4n) is 2.64. The van der Waals surface area contributed by atoms with E-state index in [9.17, 15) is 0 Å². The zero-order valence-corrected chi connectivity index (χ0v) is 10.6. The van der Waals surface area contributed by atoms with Crippen LogP contribution in [-0.2, 0) is 12.8 Å². The van der Waals surface area contributed by atoms with Crippen LogP contribution < -0.4 is 5.32 Å². The molecule has 3 heteroatoms. The first-order valence-corrected chi connectivity index (χ1v) is 6.47. The molecule has 0 radical (unpaired) electrons. The minimum absolute atomic E-state index is 0.637. The number of rotatable bonds is 4. The average molecular weight is 221 g/mol. The van der Waals surface area contributed by atoms with Crippen molar-refractivity contribution in [2.24, 2.45) is 5.92 Å². The van der Waals surface area contributed by atoms with Crippen molar-refractivity contribution in [3.8, 4) is 0 Å². The highest BCUT2D eigenvalue weighted by Gasteiger charge is 2.22. The highest BCUT2D eigenvalue weighted by atomic mass is 15.1. The van der Waals surface area contributed by atoms with Crippen LogP contribution in [0.2, 0.25) is 0 Å². The van der Waals surface area contributed by atoms with Gasteiger partial charge in [0.2, 0.25) is 0 Å². The van der Waals surface area contributed by atoms with E-state index in [0.29, 0.717) is 12.1 Å². The van der Waals surface area contributed by atoms with Crippen molar-refractivity contribution >= 4 is 0 Å². The molecule has 1 aliphatic carbocycles. The molecule has 0 aliphatic heterocycles. The van der Waals surface area contributed by atoms with Gasteiger partial charge in [0.05, 0.1) is 6.20 Å². The Balaban J connectivity index is 1.93. The summed E-state index contributed by atoms with van der Waals surface area (Å²) >= 11 is 0. The summed E-state index contributed by atoms with van der Waals surface area (Å²) in [6, 6.07) is 1.29. The molecule has 2 N–H and O–H groups in total. The van der Waals surface area contributed by atoms with Gasteiger partial charge in [-0.2, -0.15) is 5.10 Å². The molecule has 1 aromatic rings. The van der Waals surface area contributed by atoms with Gasteiger partial charge in [0, 0.05) is 17.8 Å². The SMILES string of the molecule is CCC(NC1CCc2[nH]ncc2C1)C(C)C. The predicted octanol–water partition coefficient (Wildman–Crippen LogP) is 2.29. The Bertz CT molecular complexity index is 330. The maximum Gasteiger partial charge on any atom is 0.0522 e. The smallest absolute Gasteiger partial charge is 0.0522 e. The summed E-state index contributed by atoms with van der Waals surface area (Å²) in [6.45, 7) is 6.87. The first kappa shape index (κ1) is 11.6. The summed E-state index contributed by atoms with van der Waals surface area (Å²) in [4.78, 5) is 0. The number of aromatic nitrogens is 2. The predicted molar refractivity (Wildman–Crippen MR) is 66.5 cm³/mol. The molecule has 0 saturated heterocycles. The number of hydrogen-bond donors (Lipinski definition) is 2. The van der Waals surface area contributed by atoms with Crippen molar-refractivity contribution in [2.45, 2.75) is 58.5 Å². The zero-order valence-electron chi connectivity index (χ0n) is 10.6. The first-order chi connectivity index (χ1) is 7.70. The average Bonchev–Trinajstić information content (AvgIpc) is 2.72. The molecular formula is C13H23N3. The summed E-state index contributed by atoms with van der Waals surface area (Å²) in [5, 5.41) is 11.0. The third kappa shape index (κ3) is 2.46. The number of hydrogen-bond acceptors (Lipinski definition) is 2. The van der Waals surface area contributed by atoms with Crippen LogP contribution in [0.1, 0.15) is 44.9 Å². The van der Waals surface area contributed by atoms with Gasteiger partial charge in [0.1, 0.15) is 0 Å². The van der Waals surface area contributed by atoms with Crippen LogP contribution in [0.15, 0.2) is 6.20 Å². The quantitative estimate of drug-likeness (QED) is 0.819. The van der Waals surface area contributed by atoms with Crippen LogP contribution in [0.5, 0.6) is 0 Å². The lowest BCUT2D eigenvalue weighted by Gasteiger charge is -2.30. The second-order valence-corrected chi connectivity index (χ2v) is 5.24. The fourth-order valence-corrected chi connectivity index (χ4v) is 2.64. The Hall–Kier alpha value is -0.830. The maximum absolute atomic E-state index is 4.12. The van der Waals surface area contributed by atoms with E-state index < -0.39 is 0 Å². The number of aryl methyl sites for hydroxylation is 1. The summed E-state index contributed by atoms with van der Waals surface area (Å²) in [5.41, 5.74) is 2.75. The Morgan fingerprint density at radius 2 is 2.38 bits per heavy atom. The lowest BCUT2D eigenvalue weighted by atomic mass is 9.91. The molecule has 16 heavy (non-hydrogen) atoms. The van der Waals surface area contributed by atoms with E-state index in [0.717, 1.165) is 18.8 Å². The van der Waals surface area contributed by atoms with Crippen molar-refractivity contribution in [1.29, 1.82) is 0 Å². The lowest BCUT2D eigenvalue weighted by molar-refractivity contribution is 0.324. The van der Waals surface area contributed by atoms with Crippen molar-refractivity contribution in [2.75, 3.05) is 0 Å². The van der Waals surface area contributed by atoms with Crippen molar-refractivity contribution in [1.82, 2.24) is 15.5 Å². The molecule has 0 fully saturated rings. The highest BCUT2D eigenvalue weighted by molar-refractivity contribution is 5.21. The van der Waals surface area contributed by atoms with Gasteiger partial charge < -0.3 is 5.32 Å². The molecular weight excluding hydrogens is 198 g/mol. The molecule has 1 aromatic heterocycles. The maximum atomic E-state index is 4.12. The van der Waals surface area contributed by atoms with Crippen LogP contribution in [0.3, 0.4) is 0 Å². The van der Waals surface area contributed by atoms with Crippen LogP contribution in [-0.4, -0.2) is 22.3 Å². The molecule has 0 bridgehead atoms. The van der Waals surface area contributed by atoms with Crippen molar-refractivity contribution in [3.63, 3.8) is 0 Å². The fraction of sp³-hybridized carbons (Fsp3) is 0.769. The molecule has 3 nitrogen and oxygen atoms in total. The van der Waals surface area contributed by atoms with Gasteiger partial charge in [0.15, 0.2) is 0 Å². The number of aromatic amines is 1. The summed E-state index contributed by atoms with van der Waals surface area (Å²) in [6.07, 6.45) is 6.71. The third-order valence-corrected chi connectivity index (χ3v) is 3.71. The van der Waals surface area contributed by atoms with Gasteiger partial charge in [-0.1, -0.05) is 20.8 Å². The third-order valence-electron chi connectivity index (χ3n) is 3.71. The van der Waals surface area contributed by atoms with Gasteiger partial charge in [-0.05, 0) is 37.2 Å². The number of H-pyrrole nitrogens is 1. The molecule has 0 saturated carbocycles. The summed E-state index contributed by atoms with van der Waals surface area (Å²) in [7, 11) is 0.